The van der Waals surface area contributed by atoms with Crippen molar-refractivity contribution >= 4 is 0 Å². The molecule has 0 saturated carbocycles. The Kier molecular flexibility index (Phi) is 5.35. The molecule has 2 atom stereocenters. The van der Waals surface area contributed by atoms with E-state index in [1.54, 1.807) is 0 Å². The fourth-order valence-corrected chi connectivity index (χ4v) is 1.76. The monoisotopic (exact) mass is 188 g/mol. The maximum Gasteiger partial charge on any atom is 0.0612 e. The molecule has 0 aromatic heterocycles. The van der Waals surface area contributed by atoms with Gasteiger partial charge in [-0.25, -0.2) is 0 Å². The second-order valence-electron chi connectivity index (χ2n) is 3.76. The third-order valence-electron chi connectivity index (χ3n) is 2.67. The van der Waals surface area contributed by atoms with Gasteiger partial charge in [-0.1, -0.05) is 12.8 Å². The van der Waals surface area contributed by atoms with Crippen LogP contribution in [0, 0.1) is 5.92 Å². The molecular weight excluding hydrogens is 168 g/mol. The smallest absolute Gasteiger partial charge is 0.0612 e. The van der Waals surface area contributed by atoms with E-state index in [1.165, 1.54) is 0 Å². The number of unbranched alkanes of at least 4 members (excludes halogenated alkanes) is 2. The Morgan fingerprint density at radius 2 is 2.08 bits per heavy atom. The molecular formula is C10H20O3. The maximum atomic E-state index is 9.60. The van der Waals surface area contributed by atoms with Gasteiger partial charge in [0.1, 0.15) is 0 Å². The molecule has 0 aliphatic carbocycles. The lowest BCUT2D eigenvalue weighted by Gasteiger charge is -2.27. The van der Waals surface area contributed by atoms with E-state index in [0.717, 1.165) is 32.1 Å². The maximum absolute atomic E-state index is 9.60. The first kappa shape index (κ1) is 11.0. The second-order valence-corrected chi connectivity index (χ2v) is 3.76. The van der Waals surface area contributed by atoms with E-state index in [-0.39, 0.29) is 12.7 Å². The lowest BCUT2D eigenvalue weighted by molar-refractivity contribution is -0.0390. The zero-order chi connectivity index (χ0) is 9.52. The average Bonchev–Trinajstić information content (AvgIpc) is 2.15. The van der Waals surface area contributed by atoms with Gasteiger partial charge in [-0.15, -0.1) is 0 Å². The first-order valence-electron chi connectivity index (χ1n) is 5.21. The molecule has 3 heteroatoms. The van der Waals surface area contributed by atoms with Crippen LogP contribution in [0.3, 0.4) is 0 Å². The standard InChI is InChI=1S/C10H20O3/c11-6-3-1-2-4-9-8-13-7-5-10(9)12/h9-12H,1-8H2. The van der Waals surface area contributed by atoms with Crippen molar-refractivity contribution in [1.82, 2.24) is 0 Å². The quantitative estimate of drug-likeness (QED) is 0.631. The molecule has 1 rings (SSSR count). The number of aliphatic hydroxyl groups excluding tert-OH is 2. The van der Waals surface area contributed by atoms with Crippen molar-refractivity contribution in [3.05, 3.63) is 0 Å². The van der Waals surface area contributed by atoms with Crippen LogP contribution in [0.15, 0.2) is 0 Å². The van der Waals surface area contributed by atoms with Crippen LogP contribution in [-0.2, 0) is 4.74 Å². The summed E-state index contributed by atoms with van der Waals surface area (Å²) < 4.78 is 5.30. The lowest BCUT2D eigenvalue weighted by Crippen LogP contribution is -2.31. The van der Waals surface area contributed by atoms with Crippen LogP contribution in [0.1, 0.15) is 32.1 Å². The first-order chi connectivity index (χ1) is 6.34. The Morgan fingerprint density at radius 3 is 2.77 bits per heavy atom. The summed E-state index contributed by atoms with van der Waals surface area (Å²) in [7, 11) is 0. The molecule has 1 saturated heterocycles. The van der Waals surface area contributed by atoms with Gasteiger partial charge in [0.25, 0.3) is 0 Å². The molecule has 1 heterocycles. The molecule has 2 N–H and O–H groups in total. The molecule has 0 amide bonds. The van der Waals surface area contributed by atoms with E-state index in [4.69, 9.17) is 9.84 Å². The van der Waals surface area contributed by atoms with E-state index in [1.807, 2.05) is 0 Å². The minimum atomic E-state index is -0.164. The zero-order valence-electron chi connectivity index (χ0n) is 8.11. The Labute approximate surface area is 79.7 Å². The number of rotatable bonds is 5. The van der Waals surface area contributed by atoms with Crippen molar-refractivity contribution < 1.29 is 14.9 Å². The summed E-state index contributed by atoms with van der Waals surface area (Å²) in [6.45, 7) is 1.69. The van der Waals surface area contributed by atoms with Crippen LogP contribution in [0.4, 0.5) is 0 Å². The molecule has 3 nitrogen and oxygen atoms in total. The molecule has 2 unspecified atom stereocenters. The topological polar surface area (TPSA) is 49.7 Å². The molecule has 1 fully saturated rings. The van der Waals surface area contributed by atoms with Crippen LogP contribution in [0.5, 0.6) is 0 Å². The number of hydrogen-bond acceptors (Lipinski definition) is 3. The van der Waals surface area contributed by atoms with Gasteiger partial charge in [-0.3, -0.25) is 0 Å². The summed E-state index contributed by atoms with van der Waals surface area (Å²) >= 11 is 0. The second kappa shape index (κ2) is 6.35. The van der Waals surface area contributed by atoms with Crippen molar-refractivity contribution in [3.63, 3.8) is 0 Å². The molecule has 0 aromatic rings. The van der Waals surface area contributed by atoms with Crippen LogP contribution in [0.2, 0.25) is 0 Å². The Hall–Kier alpha value is -0.120. The van der Waals surface area contributed by atoms with Gasteiger partial charge in [0.05, 0.1) is 12.7 Å². The highest BCUT2D eigenvalue weighted by atomic mass is 16.5. The van der Waals surface area contributed by atoms with Gasteiger partial charge in [-0.2, -0.15) is 0 Å². The normalized spacial score (nSPS) is 29.1. The van der Waals surface area contributed by atoms with Crippen molar-refractivity contribution in [2.45, 2.75) is 38.2 Å². The fourth-order valence-electron chi connectivity index (χ4n) is 1.76. The zero-order valence-corrected chi connectivity index (χ0v) is 8.11. The summed E-state index contributed by atoms with van der Waals surface area (Å²) in [6, 6.07) is 0. The van der Waals surface area contributed by atoms with Gasteiger partial charge in [-0.05, 0) is 19.3 Å². The highest BCUT2D eigenvalue weighted by Crippen LogP contribution is 2.20. The number of ether oxygens (including phenoxy) is 1. The predicted molar refractivity (Wildman–Crippen MR) is 50.5 cm³/mol. The molecule has 0 bridgehead atoms. The number of hydrogen-bond donors (Lipinski definition) is 2. The van der Waals surface area contributed by atoms with Crippen molar-refractivity contribution in [2.24, 2.45) is 5.92 Å². The van der Waals surface area contributed by atoms with E-state index in [9.17, 15) is 5.11 Å². The highest BCUT2D eigenvalue weighted by molar-refractivity contribution is 4.72. The average molecular weight is 188 g/mol. The molecule has 0 aromatic carbocycles. The fraction of sp³-hybridized carbons (Fsp3) is 1.00. The van der Waals surface area contributed by atoms with Crippen molar-refractivity contribution in [1.29, 1.82) is 0 Å². The highest BCUT2D eigenvalue weighted by Gasteiger charge is 2.22. The largest absolute Gasteiger partial charge is 0.396 e. The summed E-state index contributed by atoms with van der Waals surface area (Å²) in [6.07, 6.45) is 4.67. The van der Waals surface area contributed by atoms with Crippen molar-refractivity contribution in [2.75, 3.05) is 19.8 Å². The predicted octanol–water partition coefficient (Wildman–Crippen LogP) is 0.936. The van der Waals surface area contributed by atoms with Crippen LogP contribution >= 0.6 is 0 Å². The van der Waals surface area contributed by atoms with E-state index in [0.29, 0.717) is 19.1 Å². The Morgan fingerprint density at radius 1 is 1.23 bits per heavy atom. The molecule has 78 valence electrons. The van der Waals surface area contributed by atoms with Crippen LogP contribution in [0.25, 0.3) is 0 Å². The Bertz CT molecular complexity index is 127. The molecule has 1 aliphatic heterocycles. The SMILES string of the molecule is OCCCCCC1COCCC1O. The van der Waals surface area contributed by atoms with Gasteiger partial charge < -0.3 is 14.9 Å². The van der Waals surface area contributed by atoms with Crippen LogP contribution < -0.4 is 0 Å². The van der Waals surface area contributed by atoms with Gasteiger partial charge in [0, 0.05) is 19.1 Å². The third-order valence-corrected chi connectivity index (χ3v) is 2.67. The summed E-state index contributed by atoms with van der Waals surface area (Å²) in [5, 5.41) is 18.2. The van der Waals surface area contributed by atoms with E-state index < -0.39 is 0 Å². The lowest BCUT2D eigenvalue weighted by atomic mass is 9.93. The summed E-state index contributed by atoms with van der Waals surface area (Å²) in [5.74, 6) is 0.326. The number of aliphatic hydroxyl groups is 2. The van der Waals surface area contributed by atoms with Gasteiger partial charge in [0.2, 0.25) is 0 Å². The molecule has 13 heavy (non-hydrogen) atoms. The minimum absolute atomic E-state index is 0.164. The van der Waals surface area contributed by atoms with E-state index >= 15 is 0 Å². The minimum Gasteiger partial charge on any atom is -0.396 e. The molecule has 0 radical (unpaired) electrons. The van der Waals surface area contributed by atoms with E-state index in [2.05, 4.69) is 0 Å². The summed E-state index contributed by atoms with van der Waals surface area (Å²) in [5.41, 5.74) is 0. The Balaban J connectivity index is 2.05. The summed E-state index contributed by atoms with van der Waals surface area (Å²) in [4.78, 5) is 0. The third kappa shape index (κ3) is 4.07. The molecule has 1 aliphatic rings. The van der Waals surface area contributed by atoms with Gasteiger partial charge in [0.15, 0.2) is 0 Å². The van der Waals surface area contributed by atoms with Gasteiger partial charge >= 0.3 is 0 Å². The first-order valence-corrected chi connectivity index (χ1v) is 5.21. The van der Waals surface area contributed by atoms with Crippen molar-refractivity contribution in [3.8, 4) is 0 Å². The molecule has 0 spiro atoms. The van der Waals surface area contributed by atoms with Crippen LogP contribution in [-0.4, -0.2) is 36.1 Å².